The van der Waals surface area contributed by atoms with Gasteiger partial charge in [-0.05, 0) is 29.5 Å². The molecule has 10 heteroatoms. The number of nitrogens with zero attached hydrogens (tertiary/aromatic N) is 4. The summed E-state index contributed by atoms with van der Waals surface area (Å²) in [7, 11) is 0. The van der Waals surface area contributed by atoms with Gasteiger partial charge in [-0.15, -0.1) is 0 Å². The highest BCUT2D eigenvalue weighted by Crippen LogP contribution is 2.25. The Kier molecular flexibility index (Phi) is 5.29. The van der Waals surface area contributed by atoms with Crippen molar-refractivity contribution in [3.8, 4) is 0 Å². The molecule has 22 heavy (non-hydrogen) atoms. The number of carbonyl (C=O) groups excluding carboxylic acids is 1. The third kappa shape index (κ3) is 4.40. The zero-order valence-corrected chi connectivity index (χ0v) is 12.7. The highest BCUT2D eigenvalue weighted by atomic mass is 35.5. The molecule has 116 valence electrons. The second-order valence-corrected chi connectivity index (χ2v) is 5.18. The Morgan fingerprint density at radius 2 is 2.18 bits per heavy atom. The molecule has 1 aromatic heterocycles. The fraction of sp³-hybridized carbons (Fsp3) is 0.250. The summed E-state index contributed by atoms with van der Waals surface area (Å²) in [5, 5.41) is 17.6. The number of aromatic nitrogens is 3. The number of amides is 1. The number of benzene rings is 1. The van der Waals surface area contributed by atoms with E-state index in [2.05, 4.69) is 15.4 Å². The first-order valence-corrected chi connectivity index (χ1v) is 7.00. The molecule has 0 aliphatic rings. The molecule has 8 nitrogen and oxygen atoms in total. The van der Waals surface area contributed by atoms with E-state index >= 15 is 0 Å². The first kappa shape index (κ1) is 16.2. The Bertz CT molecular complexity index is 704. The summed E-state index contributed by atoms with van der Waals surface area (Å²) in [6.45, 7) is 0.345. The van der Waals surface area contributed by atoms with E-state index in [-0.39, 0.29) is 12.3 Å². The number of hydrogen-bond donors (Lipinski definition) is 1. The lowest BCUT2D eigenvalue weighted by Gasteiger charge is -2.07. The van der Waals surface area contributed by atoms with Gasteiger partial charge in [-0.1, -0.05) is 28.2 Å². The van der Waals surface area contributed by atoms with Gasteiger partial charge >= 0.3 is 5.95 Å². The van der Waals surface area contributed by atoms with E-state index in [1.165, 1.54) is 11.0 Å². The van der Waals surface area contributed by atoms with Crippen LogP contribution < -0.4 is 5.32 Å². The van der Waals surface area contributed by atoms with Crippen molar-refractivity contribution in [2.45, 2.75) is 19.4 Å². The van der Waals surface area contributed by atoms with Crippen molar-refractivity contribution in [3.63, 3.8) is 0 Å². The van der Waals surface area contributed by atoms with Crippen molar-refractivity contribution in [2.24, 2.45) is 0 Å². The minimum atomic E-state index is -0.676. The van der Waals surface area contributed by atoms with Gasteiger partial charge in [-0.3, -0.25) is 4.79 Å². The molecule has 0 unspecified atom stereocenters. The molecule has 0 fully saturated rings. The van der Waals surface area contributed by atoms with E-state index in [0.717, 1.165) is 0 Å². The van der Waals surface area contributed by atoms with Crippen LogP contribution in [0.5, 0.6) is 0 Å². The first-order chi connectivity index (χ1) is 10.5. The number of aryl methyl sites for hydroxylation is 1. The number of nitrogens with one attached hydrogen (secondary N) is 1. The molecule has 2 aromatic rings. The zero-order valence-electron chi connectivity index (χ0n) is 11.2. The van der Waals surface area contributed by atoms with Crippen LogP contribution in [-0.4, -0.2) is 25.6 Å². The molecule has 1 amide bonds. The van der Waals surface area contributed by atoms with E-state index < -0.39 is 10.9 Å². The summed E-state index contributed by atoms with van der Waals surface area (Å²) in [5.74, 6) is -0.700. The van der Waals surface area contributed by atoms with E-state index in [1.807, 2.05) is 0 Å². The molecule has 0 saturated heterocycles. The first-order valence-electron chi connectivity index (χ1n) is 6.24. The number of rotatable bonds is 6. The largest absolute Gasteiger partial charge is 0.490 e. The number of halogens is 2. The van der Waals surface area contributed by atoms with E-state index in [9.17, 15) is 14.9 Å². The number of hydrogen-bond acceptors (Lipinski definition) is 5. The van der Waals surface area contributed by atoms with Crippen LogP contribution in [0.15, 0.2) is 24.5 Å². The fourth-order valence-corrected chi connectivity index (χ4v) is 2.02. The molecule has 1 aromatic carbocycles. The minimum Gasteiger partial charge on any atom is -0.390 e. The van der Waals surface area contributed by atoms with Gasteiger partial charge in [0.05, 0.1) is 17.3 Å². The Hall–Kier alpha value is -2.19. The predicted octanol–water partition coefficient (Wildman–Crippen LogP) is 2.91. The van der Waals surface area contributed by atoms with Crippen LogP contribution in [0.4, 0.5) is 11.6 Å². The van der Waals surface area contributed by atoms with Crippen LogP contribution in [-0.2, 0) is 11.3 Å². The van der Waals surface area contributed by atoms with Gasteiger partial charge in [0.25, 0.3) is 0 Å². The Morgan fingerprint density at radius 1 is 1.41 bits per heavy atom. The molecule has 0 aliphatic heterocycles. The lowest BCUT2D eigenvalue weighted by Crippen LogP contribution is -2.13. The van der Waals surface area contributed by atoms with Gasteiger partial charge in [-0.25, -0.2) is 0 Å². The maximum Gasteiger partial charge on any atom is 0.490 e. The molecule has 0 saturated carbocycles. The highest BCUT2D eigenvalue weighted by Gasteiger charge is 2.13. The highest BCUT2D eigenvalue weighted by molar-refractivity contribution is 6.35. The van der Waals surface area contributed by atoms with Crippen LogP contribution in [0, 0.1) is 10.1 Å². The third-order valence-corrected chi connectivity index (χ3v) is 3.25. The Labute approximate surface area is 135 Å². The normalized spacial score (nSPS) is 10.5. The van der Waals surface area contributed by atoms with Gasteiger partial charge < -0.3 is 15.4 Å². The van der Waals surface area contributed by atoms with Crippen molar-refractivity contribution in [2.75, 3.05) is 5.32 Å². The second kappa shape index (κ2) is 7.19. The van der Waals surface area contributed by atoms with Crippen LogP contribution >= 0.6 is 23.2 Å². The lowest BCUT2D eigenvalue weighted by molar-refractivity contribution is -0.394. The van der Waals surface area contributed by atoms with Crippen molar-refractivity contribution in [1.82, 2.24) is 14.8 Å². The van der Waals surface area contributed by atoms with Gasteiger partial charge in [0.1, 0.15) is 0 Å². The molecule has 2 rings (SSSR count). The summed E-state index contributed by atoms with van der Waals surface area (Å²) in [4.78, 5) is 25.1. The summed E-state index contributed by atoms with van der Waals surface area (Å²) >= 11 is 11.8. The quantitative estimate of drug-likeness (QED) is 0.641. The maximum absolute atomic E-state index is 11.8. The van der Waals surface area contributed by atoms with E-state index in [4.69, 9.17) is 23.2 Å². The van der Waals surface area contributed by atoms with Crippen LogP contribution in [0.3, 0.4) is 0 Å². The summed E-state index contributed by atoms with van der Waals surface area (Å²) in [5.41, 5.74) is 0.440. The van der Waals surface area contributed by atoms with Gasteiger partial charge in [0.2, 0.25) is 12.2 Å². The SMILES string of the molecule is O=C(CCCn1cnc([N+](=O)[O-])n1)Nc1cc(Cl)ccc1Cl. The molecule has 0 spiro atoms. The fourth-order valence-electron chi connectivity index (χ4n) is 1.68. The van der Waals surface area contributed by atoms with Crippen LogP contribution in [0.25, 0.3) is 0 Å². The zero-order chi connectivity index (χ0) is 16.1. The predicted molar refractivity (Wildman–Crippen MR) is 81.0 cm³/mol. The average Bonchev–Trinajstić information content (AvgIpc) is 2.92. The van der Waals surface area contributed by atoms with E-state index in [0.29, 0.717) is 28.7 Å². The molecule has 0 bridgehead atoms. The van der Waals surface area contributed by atoms with Crippen molar-refractivity contribution in [1.29, 1.82) is 0 Å². The number of anilines is 1. The third-order valence-electron chi connectivity index (χ3n) is 2.68. The Morgan fingerprint density at radius 3 is 2.86 bits per heavy atom. The summed E-state index contributed by atoms with van der Waals surface area (Å²) in [6.07, 6.45) is 1.91. The van der Waals surface area contributed by atoms with E-state index in [1.54, 1.807) is 18.2 Å². The molecule has 0 atom stereocenters. The minimum absolute atomic E-state index is 0.205. The molecule has 1 heterocycles. The molecule has 0 aliphatic carbocycles. The monoisotopic (exact) mass is 343 g/mol. The number of carbonyl (C=O) groups is 1. The topological polar surface area (TPSA) is 103 Å². The van der Waals surface area contributed by atoms with Crippen LogP contribution in [0.2, 0.25) is 10.0 Å². The summed E-state index contributed by atoms with van der Waals surface area (Å²) < 4.78 is 1.32. The molecule has 1 N–H and O–H groups in total. The average molecular weight is 344 g/mol. The van der Waals surface area contributed by atoms with Crippen molar-refractivity contribution < 1.29 is 9.72 Å². The van der Waals surface area contributed by atoms with Crippen LogP contribution in [0.1, 0.15) is 12.8 Å². The molecular weight excluding hydrogens is 333 g/mol. The Balaban J connectivity index is 1.82. The smallest absolute Gasteiger partial charge is 0.390 e. The summed E-state index contributed by atoms with van der Waals surface area (Å²) in [6, 6.07) is 4.77. The maximum atomic E-state index is 11.8. The van der Waals surface area contributed by atoms with Crippen molar-refractivity contribution in [3.05, 3.63) is 44.7 Å². The second-order valence-electron chi connectivity index (χ2n) is 4.34. The van der Waals surface area contributed by atoms with Gasteiger partial charge in [-0.2, -0.15) is 4.68 Å². The van der Waals surface area contributed by atoms with Crippen molar-refractivity contribution >= 4 is 40.7 Å². The van der Waals surface area contributed by atoms with Gasteiger partial charge in [0.15, 0.2) is 0 Å². The molecule has 0 radical (unpaired) electrons. The number of nitro groups is 1. The molecular formula is C12H11Cl2N5O3. The van der Waals surface area contributed by atoms with Gasteiger partial charge in [0, 0.05) is 16.5 Å². The standard InChI is InChI=1S/C12H11Cl2N5O3/c13-8-3-4-9(14)10(6-8)16-11(20)2-1-5-18-7-15-12(17-18)19(21)22/h3-4,6-7H,1-2,5H2,(H,16,20). The lowest BCUT2D eigenvalue weighted by atomic mass is 10.2.